The average Bonchev–Trinajstić information content (AvgIpc) is 3.43. The van der Waals surface area contributed by atoms with E-state index in [0.717, 1.165) is 61.0 Å². The summed E-state index contributed by atoms with van der Waals surface area (Å²) in [4.78, 5) is 9.97. The van der Waals surface area contributed by atoms with Crippen LogP contribution in [0.25, 0.3) is 61.0 Å². The number of hydrogen-bond donors (Lipinski definition) is 0. The standard InChI is InChI=1S/C28H17N3O/c1-2-10-19(11-3-1)31-27(30-25-20-12-5-4-9-18(20)17-29-28(25)31)23-15-8-14-22-21-13-6-7-16-24(21)32-26(22)23/h1-17H. The van der Waals surface area contributed by atoms with Crippen molar-refractivity contribution in [1.82, 2.24) is 14.5 Å². The molecule has 0 atom stereocenters. The van der Waals surface area contributed by atoms with Gasteiger partial charge in [-0.3, -0.25) is 4.57 Å². The second kappa shape index (κ2) is 6.53. The highest BCUT2D eigenvalue weighted by molar-refractivity contribution is 6.10. The van der Waals surface area contributed by atoms with Crippen molar-refractivity contribution in [2.24, 2.45) is 0 Å². The third-order valence-electron chi connectivity index (χ3n) is 6.05. The largest absolute Gasteiger partial charge is 0.455 e. The fourth-order valence-corrected chi connectivity index (χ4v) is 4.59. The van der Waals surface area contributed by atoms with E-state index in [1.54, 1.807) is 0 Å². The lowest BCUT2D eigenvalue weighted by Gasteiger charge is -2.09. The zero-order valence-electron chi connectivity index (χ0n) is 17.1. The number of nitrogens with zero attached hydrogens (tertiary/aromatic N) is 3. The first-order valence-corrected chi connectivity index (χ1v) is 10.6. The normalized spacial score (nSPS) is 11.8. The van der Waals surface area contributed by atoms with E-state index in [9.17, 15) is 0 Å². The van der Waals surface area contributed by atoms with Gasteiger partial charge in [0.25, 0.3) is 0 Å². The van der Waals surface area contributed by atoms with Gasteiger partial charge >= 0.3 is 0 Å². The third kappa shape index (κ3) is 2.38. The molecule has 32 heavy (non-hydrogen) atoms. The first-order chi connectivity index (χ1) is 15.9. The van der Waals surface area contributed by atoms with Gasteiger partial charge in [-0.25, -0.2) is 9.97 Å². The molecule has 3 heterocycles. The Kier molecular flexibility index (Phi) is 3.52. The first kappa shape index (κ1) is 17.3. The zero-order chi connectivity index (χ0) is 21.1. The summed E-state index contributed by atoms with van der Waals surface area (Å²) in [5, 5.41) is 4.36. The maximum Gasteiger partial charge on any atom is 0.165 e. The summed E-state index contributed by atoms with van der Waals surface area (Å²) in [6.07, 6.45) is 1.92. The summed E-state index contributed by atoms with van der Waals surface area (Å²) < 4.78 is 8.47. The van der Waals surface area contributed by atoms with Crippen LogP contribution in [0.4, 0.5) is 0 Å². The van der Waals surface area contributed by atoms with Crippen LogP contribution in [-0.4, -0.2) is 14.5 Å². The van der Waals surface area contributed by atoms with Gasteiger partial charge in [-0.15, -0.1) is 0 Å². The van der Waals surface area contributed by atoms with Gasteiger partial charge in [-0.2, -0.15) is 0 Å². The van der Waals surface area contributed by atoms with Crippen molar-refractivity contribution in [2.45, 2.75) is 0 Å². The highest BCUT2D eigenvalue weighted by Crippen LogP contribution is 2.38. The van der Waals surface area contributed by atoms with Gasteiger partial charge < -0.3 is 4.42 Å². The average molecular weight is 411 g/mol. The van der Waals surface area contributed by atoms with E-state index in [4.69, 9.17) is 14.4 Å². The van der Waals surface area contributed by atoms with Gasteiger partial charge in [0.2, 0.25) is 0 Å². The van der Waals surface area contributed by atoms with Crippen LogP contribution in [0.15, 0.2) is 108 Å². The molecule has 0 spiro atoms. The van der Waals surface area contributed by atoms with E-state index in [-0.39, 0.29) is 0 Å². The minimum Gasteiger partial charge on any atom is -0.455 e. The van der Waals surface area contributed by atoms with Crippen LogP contribution < -0.4 is 0 Å². The minimum absolute atomic E-state index is 0.819. The summed E-state index contributed by atoms with van der Waals surface area (Å²) in [7, 11) is 0. The van der Waals surface area contributed by atoms with Crippen molar-refractivity contribution in [3.63, 3.8) is 0 Å². The molecule has 4 heteroatoms. The predicted octanol–water partition coefficient (Wildman–Crippen LogP) is 7.14. The monoisotopic (exact) mass is 411 g/mol. The van der Waals surface area contributed by atoms with E-state index in [1.807, 2.05) is 54.7 Å². The van der Waals surface area contributed by atoms with Crippen LogP contribution in [0.1, 0.15) is 0 Å². The van der Waals surface area contributed by atoms with Crippen LogP contribution in [0.3, 0.4) is 0 Å². The van der Waals surface area contributed by atoms with Crippen molar-refractivity contribution in [1.29, 1.82) is 0 Å². The summed E-state index contributed by atoms with van der Waals surface area (Å²) in [5.41, 5.74) is 5.39. The zero-order valence-corrected chi connectivity index (χ0v) is 17.1. The number of aromatic nitrogens is 3. The van der Waals surface area contributed by atoms with Crippen LogP contribution in [0.5, 0.6) is 0 Å². The molecule has 4 nitrogen and oxygen atoms in total. The molecule has 4 aromatic carbocycles. The molecule has 7 aromatic rings. The number of benzene rings is 4. The molecule has 0 bridgehead atoms. The summed E-state index contributed by atoms with van der Waals surface area (Å²) in [5.74, 6) is 0.819. The molecule has 3 aromatic heterocycles. The number of pyridine rings is 1. The Morgan fingerprint density at radius 1 is 0.656 bits per heavy atom. The number of rotatable bonds is 2. The highest BCUT2D eigenvalue weighted by Gasteiger charge is 2.21. The van der Waals surface area contributed by atoms with Crippen LogP contribution >= 0.6 is 0 Å². The maximum atomic E-state index is 6.34. The summed E-state index contributed by atoms with van der Waals surface area (Å²) in [6, 6.07) is 32.9. The smallest absolute Gasteiger partial charge is 0.165 e. The molecular formula is C28H17N3O. The van der Waals surface area contributed by atoms with Crippen LogP contribution in [0, 0.1) is 0 Å². The Labute approximate surface area is 183 Å². The Balaban J connectivity index is 1.65. The molecule has 0 aliphatic carbocycles. The van der Waals surface area contributed by atoms with Crippen molar-refractivity contribution in [3.8, 4) is 17.1 Å². The number of fused-ring (bicyclic) bond motifs is 6. The predicted molar refractivity (Wildman–Crippen MR) is 129 cm³/mol. The lowest BCUT2D eigenvalue weighted by atomic mass is 10.1. The molecule has 0 aliphatic rings. The maximum absolute atomic E-state index is 6.34. The van der Waals surface area contributed by atoms with Gasteiger partial charge in [0.1, 0.15) is 16.7 Å². The fourth-order valence-electron chi connectivity index (χ4n) is 4.59. The Morgan fingerprint density at radius 3 is 2.31 bits per heavy atom. The van der Waals surface area contributed by atoms with Crippen molar-refractivity contribution >= 4 is 43.9 Å². The van der Waals surface area contributed by atoms with E-state index in [1.165, 1.54) is 0 Å². The molecule has 0 amide bonds. The Hall–Kier alpha value is -4.44. The molecule has 0 N–H and O–H groups in total. The molecular weight excluding hydrogens is 394 g/mol. The van der Waals surface area contributed by atoms with E-state index < -0.39 is 0 Å². The van der Waals surface area contributed by atoms with E-state index in [2.05, 4.69) is 53.1 Å². The van der Waals surface area contributed by atoms with Crippen molar-refractivity contribution in [3.05, 3.63) is 103 Å². The summed E-state index contributed by atoms with van der Waals surface area (Å²) in [6.45, 7) is 0. The Bertz CT molecular complexity index is 1780. The first-order valence-electron chi connectivity index (χ1n) is 10.6. The molecule has 150 valence electrons. The lowest BCUT2D eigenvalue weighted by molar-refractivity contribution is 0.669. The van der Waals surface area contributed by atoms with Crippen LogP contribution in [-0.2, 0) is 0 Å². The topological polar surface area (TPSA) is 43.9 Å². The molecule has 0 radical (unpaired) electrons. The molecule has 0 fully saturated rings. The van der Waals surface area contributed by atoms with Gasteiger partial charge in [0, 0.05) is 33.4 Å². The van der Waals surface area contributed by atoms with Crippen LogP contribution in [0.2, 0.25) is 0 Å². The molecule has 0 unspecified atom stereocenters. The second-order valence-electron chi connectivity index (χ2n) is 7.90. The van der Waals surface area contributed by atoms with Gasteiger partial charge in [-0.05, 0) is 24.3 Å². The lowest BCUT2D eigenvalue weighted by Crippen LogP contribution is -1.98. The SMILES string of the molecule is c1ccc(-n2c(-c3cccc4c3oc3ccccc34)nc3c4ccccc4cnc32)cc1. The summed E-state index contributed by atoms with van der Waals surface area (Å²) >= 11 is 0. The third-order valence-corrected chi connectivity index (χ3v) is 6.05. The Morgan fingerprint density at radius 2 is 1.41 bits per heavy atom. The second-order valence-corrected chi connectivity index (χ2v) is 7.90. The number of para-hydroxylation sites is 3. The van der Waals surface area contributed by atoms with Crippen molar-refractivity contribution in [2.75, 3.05) is 0 Å². The molecule has 0 saturated heterocycles. The fraction of sp³-hybridized carbons (Fsp3) is 0. The number of furan rings is 1. The molecule has 0 aliphatic heterocycles. The van der Waals surface area contributed by atoms with Gasteiger partial charge in [-0.1, -0.05) is 72.8 Å². The van der Waals surface area contributed by atoms with E-state index in [0.29, 0.717) is 0 Å². The number of hydrogen-bond acceptors (Lipinski definition) is 3. The van der Waals surface area contributed by atoms with Gasteiger partial charge in [0.15, 0.2) is 11.5 Å². The molecule has 0 saturated carbocycles. The quantitative estimate of drug-likeness (QED) is 0.304. The van der Waals surface area contributed by atoms with E-state index >= 15 is 0 Å². The molecule has 7 rings (SSSR count). The number of imidazole rings is 1. The van der Waals surface area contributed by atoms with Crippen molar-refractivity contribution < 1.29 is 4.42 Å². The minimum atomic E-state index is 0.819. The highest BCUT2D eigenvalue weighted by atomic mass is 16.3. The van der Waals surface area contributed by atoms with Gasteiger partial charge in [0.05, 0.1) is 5.56 Å².